The van der Waals surface area contributed by atoms with Crippen molar-refractivity contribution in [1.29, 1.82) is 0 Å². The molecule has 0 heterocycles. The SMILES string of the molecule is CN(C1CC1)S(=O)(=O)Cc1ccccc1N. The van der Waals surface area contributed by atoms with Crippen LogP contribution in [0.15, 0.2) is 24.3 Å². The normalized spacial score (nSPS) is 16.6. The summed E-state index contributed by atoms with van der Waals surface area (Å²) in [5.74, 6) is -0.00727. The van der Waals surface area contributed by atoms with Crippen molar-refractivity contribution in [3.63, 3.8) is 0 Å². The van der Waals surface area contributed by atoms with Gasteiger partial charge in [0.15, 0.2) is 0 Å². The molecule has 1 aromatic rings. The van der Waals surface area contributed by atoms with Gasteiger partial charge in [0.1, 0.15) is 0 Å². The molecular weight excluding hydrogens is 224 g/mol. The average Bonchev–Trinajstić information content (AvgIpc) is 3.03. The topological polar surface area (TPSA) is 63.4 Å². The van der Waals surface area contributed by atoms with Crippen molar-refractivity contribution < 1.29 is 8.42 Å². The lowest BCUT2D eigenvalue weighted by Crippen LogP contribution is -2.30. The second kappa shape index (κ2) is 4.07. The van der Waals surface area contributed by atoms with Crippen LogP contribution in [0, 0.1) is 0 Å². The first-order chi connectivity index (χ1) is 7.50. The third-order valence-corrected chi connectivity index (χ3v) is 4.74. The van der Waals surface area contributed by atoms with Gasteiger partial charge in [0.25, 0.3) is 0 Å². The van der Waals surface area contributed by atoms with Crippen LogP contribution in [-0.4, -0.2) is 25.8 Å². The third kappa shape index (κ3) is 2.36. The van der Waals surface area contributed by atoms with Gasteiger partial charge in [-0.2, -0.15) is 0 Å². The number of para-hydroxylation sites is 1. The molecule has 16 heavy (non-hydrogen) atoms. The standard InChI is InChI=1S/C11H16N2O2S/c1-13(10-6-7-10)16(14,15)8-9-4-2-3-5-11(9)12/h2-5,10H,6-8,12H2,1H3. The second-order valence-electron chi connectivity index (χ2n) is 4.20. The smallest absolute Gasteiger partial charge is 0.218 e. The Labute approximate surface area is 96.1 Å². The molecule has 0 atom stereocenters. The van der Waals surface area contributed by atoms with E-state index in [1.165, 1.54) is 4.31 Å². The predicted octanol–water partition coefficient (Wildman–Crippen LogP) is 1.19. The van der Waals surface area contributed by atoms with Crippen LogP contribution in [0.25, 0.3) is 0 Å². The fourth-order valence-electron chi connectivity index (χ4n) is 1.63. The molecule has 2 rings (SSSR count). The summed E-state index contributed by atoms with van der Waals surface area (Å²) in [7, 11) is -1.57. The first-order valence-corrected chi connectivity index (χ1v) is 6.91. The largest absolute Gasteiger partial charge is 0.398 e. The minimum absolute atomic E-state index is 0.00727. The Morgan fingerprint density at radius 3 is 2.56 bits per heavy atom. The van der Waals surface area contributed by atoms with E-state index in [9.17, 15) is 8.42 Å². The Hall–Kier alpha value is -1.07. The Kier molecular flexibility index (Phi) is 2.90. The second-order valence-corrected chi connectivity index (χ2v) is 6.23. The van der Waals surface area contributed by atoms with Gasteiger partial charge in [-0.1, -0.05) is 18.2 Å². The van der Waals surface area contributed by atoms with Crippen LogP contribution in [-0.2, 0) is 15.8 Å². The minimum atomic E-state index is -3.22. The molecule has 0 aromatic heterocycles. The van der Waals surface area contributed by atoms with Crippen molar-refractivity contribution >= 4 is 15.7 Å². The van der Waals surface area contributed by atoms with Crippen molar-refractivity contribution in [1.82, 2.24) is 4.31 Å². The highest BCUT2D eigenvalue weighted by Crippen LogP contribution is 2.29. The Morgan fingerprint density at radius 2 is 2.00 bits per heavy atom. The lowest BCUT2D eigenvalue weighted by atomic mass is 10.2. The molecule has 0 spiro atoms. The first kappa shape index (κ1) is 11.4. The summed E-state index contributed by atoms with van der Waals surface area (Å²) < 4.78 is 25.5. The molecule has 0 unspecified atom stereocenters. The van der Waals surface area contributed by atoms with E-state index in [1.54, 1.807) is 31.3 Å². The number of nitrogens with two attached hydrogens (primary N) is 1. The van der Waals surface area contributed by atoms with E-state index in [4.69, 9.17) is 5.73 Å². The van der Waals surface area contributed by atoms with E-state index in [1.807, 2.05) is 0 Å². The van der Waals surface area contributed by atoms with E-state index < -0.39 is 10.0 Å². The zero-order chi connectivity index (χ0) is 11.8. The van der Waals surface area contributed by atoms with Crippen LogP contribution < -0.4 is 5.73 Å². The number of hydrogen-bond acceptors (Lipinski definition) is 3. The van der Waals surface area contributed by atoms with Gasteiger partial charge in [-0.05, 0) is 24.5 Å². The molecule has 4 nitrogen and oxygen atoms in total. The van der Waals surface area contributed by atoms with Crippen molar-refractivity contribution in [2.75, 3.05) is 12.8 Å². The zero-order valence-corrected chi connectivity index (χ0v) is 10.1. The average molecular weight is 240 g/mol. The van der Waals surface area contributed by atoms with Crippen molar-refractivity contribution in [2.45, 2.75) is 24.6 Å². The highest BCUT2D eigenvalue weighted by molar-refractivity contribution is 7.88. The van der Waals surface area contributed by atoms with E-state index >= 15 is 0 Å². The maximum Gasteiger partial charge on any atom is 0.218 e. The lowest BCUT2D eigenvalue weighted by Gasteiger charge is -2.16. The molecule has 0 amide bonds. The third-order valence-electron chi connectivity index (χ3n) is 2.89. The molecule has 2 N–H and O–H groups in total. The van der Waals surface area contributed by atoms with Crippen molar-refractivity contribution in [3.05, 3.63) is 29.8 Å². The van der Waals surface area contributed by atoms with Crippen LogP contribution in [0.3, 0.4) is 0 Å². The zero-order valence-electron chi connectivity index (χ0n) is 9.26. The van der Waals surface area contributed by atoms with Gasteiger partial charge in [-0.25, -0.2) is 12.7 Å². The quantitative estimate of drug-likeness (QED) is 0.804. The maximum atomic E-state index is 12.0. The molecule has 1 aliphatic carbocycles. The van der Waals surface area contributed by atoms with Gasteiger partial charge < -0.3 is 5.73 Å². The number of anilines is 1. The molecule has 1 fully saturated rings. The molecule has 0 radical (unpaired) electrons. The van der Waals surface area contributed by atoms with Crippen LogP contribution in [0.2, 0.25) is 0 Å². The Bertz CT molecular complexity index is 481. The van der Waals surface area contributed by atoms with Crippen LogP contribution in [0.1, 0.15) is 18.4 Å². The molecule has 5 heteroatoms. The van der Waals surface area contributed by atoms with Gasteiger partial charge in [-0.3, -0.25) is 0 Å². The summed E-state index contributed by atoms with van der Waals surface area (Å²) >= 11 is 0. The van der Waals surface area contributed by atoms with E-state index in [0.717, 1.165) is 12.8 Å². The molecular formula is C11H16N2O2S. The van der Waals surface area contributed by atoms with E-state index in [2.05, 4.69) is 0 Å². The highest BCUT2D eigenvalue weighted by atomic mass is 32.2. The van der Waals surface area contributed by atoms with Crippen LogP contribution in [0.4, 0.5) is 5.69 Å². The highest BCUT2D eigenvalue weighted by Gasteiger charge is 2.34. The summed E-state index contributed by atoms with van der Waals surface area (Å²) in [4.78, 5) is 0. The van der Waals surface area contributed by atoms with Crippen molar-refractivity contribution in [3.8, 4) is 0 Å². The first-order valence-electron chi connectivity index (χ1n) is 5.30. The molecule has 0 aliphatic heterocycles. The number of benzene rings is 1. The van der Waals surface area contributed by atoms with Crippen molar-refractivity contribution in [2.24, 2.45) is 0 Å². The lowest BCUT2D eigenvalue weighted by molar-refractivity contribution is 0.463. The van der Waals surface area contributed by atoms with E-state index in [0.29, 0.717) is 11.3 Å². The number of sulfonamides is 1. The summed E-state index contributed by atoms with van der Waals surface area (Å²) in [5.41, 5.74) is 6.95. The van der Waals surface area contributed by atoms with Gasteiger partial charge in [0.2, 0.25) is 10.0 Å². The van der Waals surface area contributed by atoms with Gasteiger partial charge >= 0.3 is 0 Å². The predicted molar refractivity (Wildman–Crippen MR) is 64.3 cm³/mol. The number of hydrogen-bond donors (Lipinski definition) is 1. The Morgan fingerprint density at radius 1 is 1.38 bits per heavy atom. The Balaban J connectivity index is 2.17. The summed E-state index contributed by atoms with van der Waals surface area (Å²) in [6.45, 7) is 0. The molecule has 1 saturated carbocycles. The molecule has 0 saturated heterocycles. The van der Waals surface area contributed by atoms with Crippen LogP contribution >= 0.6 is 0 Å². The monoisotopic (exact) mass is 240 g/mol. The fraction of sp³-hybridized carbons (Fsp3) is 0.455. The molecule has 1 aromatic carbocycles. The number of nitrogen functional groups attached to an aromatic ring is 1. The van der Waals surface area contributed by atoms with Gasteiger partial charge in [-0.15, -0.1) is 0 Å². The maximum absolute atomic E-state index is 12.0. The number of rotatable bonds is 4. The summed E-state index contributed by atoms with van der Waals surface area (Å²) in [6.07, 6.45) is 1.94. The van der Waals surface area contributed by atoms with E-state index in [-0.39, 0.29) is 11.8 Å². The van der Waals surface area contributed by atoms with Crippen LogP contribution in [0.5, 0.6) is 0 Å². The molecule has 1 aliphatic rings. The molecule has 88 valence electrons. The van der Waals surface area contributed by atoms with Gasteiger partial charge in [0.05, 0.1) is 5.75 Å². The summed E-state index contributed by atoms with van der Waals surface area (Å²) in [6, 6.07) is 7.29. The fourth-order valence-corrected chi connectivity index (χ4v) is 3.15. The minimum Gasteiger partial charge on any atom is -0.398 e. The summed E-state index contributed by atoms with van der Waals surface area (Å²) in [5, 5.41) is 0. The number of nitrogens with zero attached hydrogens (tertiary/aromatic N) is 1. The molecule has 0 bridgehead atoms. The van der Waals surface area contributed by atoms with Gasteiger partial charge in [0, 0.05) is 18.8 Å².